The van der Waals surface area contributed by atoms with Crippen molar-refractivity contribution in [2.75, 3.05) is 25.6 Å². The van der Waals surface area contributed by atoms with Crippen molar-refractivity contribution in [3.63, 3.8) is 0 Å². The molecule has 2 aliphatic rings. The van der Waals surface area contributed by atoms with E-state index in [1.807, 2.05) is 12.2 Å². The highest BCUT2D eigenvalue weighted by atomic mass is 31.3. The summed E-state index contributed by atoms with van der Waals surface area (Å²) < 4.78 is 62.8. The van der Waals surface area contributed by atoms with Crippen LogP contribution in [0.5, 0.6) is 0 Å². The van der Waals surface area contributed by atoms with Crippen LogP contribution in [0, 0.1) is 5.92 Å². The largest absolute Gasteiger partial charge is 0.481 e. The Labute approximate surface area is 465 Å². The molecule has 0 amide bonds. The molecule has 21 heteroatoms. The lowest BCUT2D eigenvalue weighted by atomic mass is 9.99. The molecule has 5 unspecified atom stereocenters. The van der Waals surface area contributed by atoms with E-state index in [1.165, 1.54) is 122 Å². The number of nitrogen functional groups attached to an aromatic ring is 1. The van der Waals surface area contributed by atoms with Crippen LogP contribution in [0.2, 0.25) is 0 Å². The standard InChI is InChI=1S/C57H99N3O16P2/c1-4-6-7-8-9-20-24-27-32-37-48-49(74-48)38-33-29-30-35-40-53(62)73-47(43-70-52(61)39-34-28-25-22-19-17-15-13-11-10-12-14-16-18-21-23-26-31-36-46(3)5-2)44-71-77(66,67)76-78(68,69)72-45-50-54(63)55(64)56(75-50)60-42-41-51(58)59-57(60)65/h9,20,27,29,32-33,41-42,46-50,54-56,63-64H,4-8,10-19,21-26,28,30-31,34-40,43-45H2,1-3H3,(H,66,67)(H,68,69)(H2,58,59,65)/b20-9-,32-27-,33-29-/t46?,47-,48?,49?,50-,54-,55-,56-/m1/s1. The summed E-state index contributed by atoms with van der Waals surface area (Å²) in [6, 6.07) is 1.25. The van der Waals surface area contributed by atoms with Crippen molar-refractivity contribution in [2.45, 2.75) is 263 Å². The Balaban J connectivity index is 1.36. The predicted octanol–water partition coefficient (Wildman–Crippen LogP) is 12.4. The first-order valence-electron chi connectivity index (χ1n) is 29.5. The van der Waals surface area contributed by atoms with Gasteiger partial charge in [-0.3, -0.25) is 23.2 Å². The number of esters is 2. The van der Waals surface area contributed by atoms with Gasteiger partial charge in [0, 0.05) is 19.0 Å². The van der Waals surface area contributed by atoms with E-state index in [4.69, 9.17) is 33.7 Å². The van der Waals surface area contributed by atoms with Crippen molar-refractivity contribution in [2.24, 2.45) is 5.92 Å². The quantitative estimate of drug-likeness (QED) is 0.0133. The Morgan fingerprint density at radius 2 is 1.22 bits per heavy atom. The fourth-order valence-corrected chi connectivity index (χ4v) is 11.2. The SMILES string of the molecule is CCCCC/C=C\C/C=C\CC1OC1C/C=C\CCCC(=O)O[C@H](COC(=O)CCCCCCCCCCCCCCCCCCCCC(C)CC)COP(=O)(O)OP(=O)(O)OC[C@H]1O[C@@H](n2ccc(N)nc2=O)[C@H](O)[C@@H]1O. The molecule has 1 aromatic heterocycles. The Kier molecular flexibility index (Phi) is 36.4. The molecule has 2 aliphatic heterocycles. The average molecular weight is 1140 g/mol. The smallest absolute Gasteiger partial charge is 0.462 e. The van der Waals surface area contributed by atoms with Gasteiger partial charge in [-0.25, -0.2) is 13.9 Å². The summed E-state index contributed by atoms with van der Waals surface area (Å²) in [5.41, 5.74) is 4.60. The maximum atomic E-state index is 12.9. The second-order valence-corrected chi connectivity index (χ2v) is 24.2. The van der Waals surface area contributed by atoms with E-state index >= 15 is 0 Å². The molecule has 0 bridgehead atoms. The molecule has 1 aromatic rings. The van der Waals surface area contributed by atoms with Crippen LogP contribution in [-0.2, 0) is 51.0 Å². The lowest BCUT2D eigenvalue weighted by Gasteiger charge is -2.21. The molecule has 448 valence electrons. The zero-order valence-corrected chi connectivity index (χ0v) is 49.1. The minimum Gasteiger partial charge on any atom is -0.462 e. The number of allylic oxidation sites excluding steroid dienone is 4. The molecular formula is C57H99N3O16P2. The molecule has 0 saturated carbocycles. The van der Waals surface area contributed by atoms with Crippen molar-refractivity contribution < 1.29 is 71.0 Å². The highest BCUT2D eigenvalue weighted by Gasteiger charge is 2.46. The molecular weight excluding hydrogens is 1040 g/mol. The Bertz CT molecular complexity index is 2040. The number of aliphatic hydroxyl groups excluding tert-OH is 2. The van der Waals surface area contributed by atoms with Crippen LogP contribution in [-0.4, -0.2) is 97.9 Å². The van der Waals surface area contributed by atoms with Crippen LogP contribution in [0.4, 0.5) is 5.82 Å². The third-order valence-electron chi connectivity index (χ3n) is 14.2. The molecule has 2 saturated heterocycles. The summed E-state index contributed by atoms with van der Waals surface area (Å²) in [6.07, 6.45) is 39.5. The van der Waals surface area contributed by atoms with Crippen LogP contribution >= 0.6 is 15.6 Å². The first kappa shape index (κ1) is 69.2. The van der Waals surface area contributed by atoms with E-state index in [9.17, 15) is 43.5 Å². The maximum absolute atomic E-state index is 12.9. The Morgan fingerprint density at radius 3 is 1.82 bits per heavy atom. The summed E-state index contributed by atoms with van der Waals surface area (Å²) >= 11 is 0. The number of carbonyl (C=O) groups is 2. The lowest BCUT2D eigenvalue weighted by molar-refractivity contribution is -0.161. The van der Waals surface area contributed by atoms with Crippen LogP contribution < -0.4 is 11.4 Å². The van der Waals surface area contributed by atoms with E-state index in [0.717, 1.165) is 68.0 Å². The molecule has 10 atom stereocenters. The fraction of sp³-hybridized carbons (Fsp3) is 0.789. The number of hydrogen-bond donors (Lipinski definition) is 5. The number of aromatic nitrogens is 2. The van der Waals surface area contributed by atoms with Crippen molar-refractivity contribution >= 4 is 33.4 Å². The second kappa shape index (κ2) is 41.0. The van der Waals surface area contributed by atoms with Crippen LogP contribution in [0.3, 0.4) is 0 Å². The number of rotatable bonds is 48. The number of ether oxygens (including phenoxy) is 4. The van der Waals surface area contributed by atoms with Gasteiger partial charge in [0.25, 0.3) is 0 Å². The molecule has 0 radical (unpaired) electrons. The van der Waals surface area contributed by atoms with Gasteiger partial charge in [0.05, 0.1) is 25.4 Å². The van der Waals surface area contributed by atoms with Crippen molar-refractivity contribution in [1.29, 1.82) is 0 Å². The van der Waals surface area contributed by atoms with Gasteiger partial charge in [-0.05, 0) is 63.4 Å². The first-order valence-corrected chi connectivity index (χ1v) is 32.5. The topological polar surface area (TPSA) is 278 Å². The maximum Gasteiger partial charge on any atom is 0.481 e. The average Bonchev–Trinajstić information content (AvgIpc) is 4.09. The molecule has 3 rings (SSSR count). The molecule has 0 aromatic carbocycles. The van der Waals surface area contributed by atoms with Crippen LogP contribution in [0.15, 0.2) is 53.5 Å². The lowest BCUT2D eigenvalue weighted by Crippen LogP contribution is -2.36. The van der Waals surface area contributed by atoms with Crippen LogP contribution in [0.25, 0.3) is 0 Å². The summed E-state index contributed by atoms with van der Waals surface area (Å²) in [6.45, 7) is 4.48. The molecule has 19 nitrogen and oxygen atoms in total. The minimum atomic E-state index is -5.44. The summed E-state index contributed by atoms with van der Waals surface area (Å²) in [5, 5.41) is 21.0. The zero-order valence-electron chi connectivity index (χ0n) is 47.3. The Morgan fingerprint density at radius 1 is 0.679 bits per heavy atom. The molecule has 2 fully saturated rings. The number of aliphatic hydroxyl groups is 2. The number of nitrogens with two attached hydrogens (primary N) is 1. The van der Waals surface area contributed by atoms with Gasteiger partial charge in [-0.1, -0.05) is 192 Å². The number of hydrogen-bond acceptors (Lipinski definition) is 16. The third-order valence-corrected chi connectivity index (χ3v) is 16.8. The van der Waals surface area contributed by atoms with Crippen molar-refractivity contribution in [1.82, 2.24) is 9.55 Å². The van der Waals surface area contributed by atoms with Gasteiger partial charge in [0.15, 0.2) is 12.3 Å². The number of epoxide rings is 1. The van der Waals surface area contributed by atoms with Crippen LogP contribution in [0.1, 0.15) is 226 Å². The number of unbranched alkanes of at least 4 members (excludes halogenated alkanes) is 21. The molecule has 6 N–H and O–H groups in total. The van der Waals surface area contributed by atoms with E-state index in [2.05, 4.69) is 54.4 Å². The normalized spacial score (nSPS) is 21.8. The molecule has 0 spiro atoms. The van der Waals surface area contributed by atoms with Gasteiger partial charge in [-0.15, -0.1) is 0 Å². The van der Waals surface area contributed by atoms with E-state index in [1.54, 1.807) is 0 Å². The molecule has 3 heterocycles. The number of phosphoric ester groups is 2. The van der Waals surface area contributed by atoms with E-state index < -0.39 is 83.7 Å². The number of phosphoric acid groups is 2. The summed E-state index contributed by atoms with van der Waals surface area (Å²) in [4.78, 5) is 62.2. The highest BCUT2D eigenvalue weighted by molar-refractivity contribution is 7.61. The van der Waals surface area contributed by atoms with Gasteiger partial charge in [0.2, 0.25) is 0 Å². The van der Waals surface area contributed by atoms with E-state index in [-0.39, 0.29) is 30.9 Å². The van der Waals surface area contributed by atoms with Gasteiger partial charge in [-0.2, -0.15) is 9.29 Å². The molecule has 0 aliphatic carbocycles. The minimum absolute atomic E-state index is 0.0324. The van der Waals surface area contributed by atoms with Gasteiger partial charge < -0.3 is 44.7 Å². The predicted molar refractivity (Wildman–Crippen MR) is 302 cm³/mol. The first-order chi connectivity index (χ1) is 37.5. The summed E-state index contributed by atoms with van der Waals surface area (Å²) in [5.74, 6) is -0.490. The van der Waals surface area contributed by atoms with Crippen molar-refractivity contribution in [3.8, 4) is 0 Å². The second-order valence-electron chi connectivity index (χ2n) is 21.1. The summed E-state index contributed by atoms with van der Waals surface area (Å²) in [7, 11) is -10.9. The van der Waals surface area contributed by atoms with Gasteiger partial charge in [0.1, 0.15) is 30.7 Å². The number of carbonyl (C=O) groups excluding carboxylic acids is 2. The van der Waals surface area contributed by atoms with E-state index in [0.29, 0.717) is 19.3 Å². The highest BCUT2D eigenvalue weighted by Crippen LogP contribution is 2.60. The number of nitrogens with zero attached hydrogens (tertiary/aromatic N) is 2. The van der Waals surface area contributed by atoms with Gasteiger partial charge >= 0.3 is 33.3 Å². The van der Waals surface area contributed by atoms with Crippen molar-refractivity contribution in [3.05, 3.63) is 59.2 Å². The third kappa shape index (κ3) is 32.4. The fourth-order valence-electron chi connectivity index (χ4n) is 9.09. The molecule has 78 heavy (non-hydrogen) atoms. The zero-order chi connectivity index (χ0) is 56.9. The monoisotopic (exact) mass is 1140 g/mol. The Hall–Kier alpha value is -3.06. The number of anilines is 1.